The van der Waals surface area contributed by atoms with E-state index in [1.165, 1.54) is 12.1 Å². The lowest BCUT2D eigenvalue weighted by atomic mass is 10.1. The molecule has 114 valence electrons. The van der Waals surface area contributed by atoms with Gasteiger partial charge in [0.25, 0.3) is 0 Å². The average Bonchev–Trinajstić information content (AvgIpc) is 2.39. The standard InChI is InChI=1S/C14H20F4N2/c1-3-20(4-2)9-8-19-10-11-6-5-7-12(13(11)15)14(16,17)18/h5-7,19H,3-4,8-10H2,1-2H3. The molecular formula is C14H20F4N2. The number of alkyl halides is 3. The van der Waals surface area contributed by atoms with Crippen LogP contribution in [0.5, 0.6) is 0 Å². The highest BCUT2D eigenvalue weighted by Gasteiger charge is 2.34. The minimum atomic E-state index is -4.65. The van der Waals surface area contributed by atoms with Gasteiger partial charge < -0.3 is 10.2 Å². The first-order valence-electron chi connectivity index (χ1n) is 6.67. The predicted octanol–water partition coefficient (Wildman–Crippen LogP) is 3.28. The van der Waals surface area contributed by atoms with Crippen molar-refractivity contribution in [3.63, 3.8) is 0 Å². The van der Waals surface area contributed by atoms with Crippen LogP contribution in [0.2, 0.25) is 0 Å². The van der Waals surface area contributed by atoms with Gasteiger partial charge >= 0.3 is 6.18 Å². The van der Waals surface area contributed by atoms with Crippen LogP contribution in [-0.4, -0.2) is 31.1 Å². The average molecular weight is 292 g/mol. The van der Waals surface area contributed by atoms with E-state index in [0.717, 1.165) is 25.7 Å². The van der Waals surface area contributed by atoms with Crippen molar-refractivity contribution in [1.82, 2.24) is 10.2 Å². The third-order valence-electron chi connectivity index (χ3n) is 3.20. The molecule has 1 rings (SSSR count). The summed E-state index contributed by atoms with van der Waals surface area (Å²) in [5.41, 5.74) is -1.17. The van der Waals surface area contributed by atoms with Gasteiger partial charge in [0.15, 0.2) is 0 Å². The van der Waals surface area contributed by atoms with E-state index < -0.39 is 17.6 Å². The fourth-order valence-electron chi connectivity index (χ4n) is 1.94. The van der Waals surface area contributed by atoms with E-state index in [1.807, 2.05) is 13.8 Å². The van der Waals surface area contributed by atoms with Gasteiger partial charge in [0, 0.05) is 25.2 Å². The summed E-state index contributed by atoms with van der Waals surface area (Å²) in [6, 6.07) is 3.36. The zero-order valence-electron chi connectivity index (χ0n) is 11.7. The molecule has 0 heterocycles. The van der Waals surface area contributed by atoms with Crippen molar-refractivity contribution in [3.8, 4) is 0 Å². The van der Waals surface area contributed by atoms with Gasteiger partial charge in [-0.3, -0.25) is 0 Å². The fraction of sp³-hybridized carbons (Fsp3) is 0.571. The Morgan fingerprint density at radius 2 is 1.80 bits per heavy atom. The monoisotopic (exact) mass is 292 g/mol. The van der Waals surface area contributed by atoms with Gasteiger partial charge in [-0.05, 0) is 19.2 Å². The second kappa shape index (κ2) is 7.59. The maximum Gasteiger partial charge on any atom is 0.419 e. The van der Waals surface area contributed by atoms with E-state index in [2.05, 4.69) is 10.2 Å². The predicted molar refractivity (Wildman–Crippen MR) is 70.9 cm³/mol. The first kappa shape index (κ1) is 16.9. The zero-order valence-corrected chi connectivity index (χ0v) is 11.7. The number of hydrogen-bond acceptors (Lipinski definition) is 2. The maximum absolute atomic E-state index is 13.7. The molecule has 0 saturated carbocycles. The van der Waals surface area contributed by atoms with Crippen LogP contribution in [0.15, 0.2) is 18.2 Å². The van der Waals surface area contributed by atoms with E-state index in [4.69, 9.17) is 0 Å². The van der Waals surface area contributed by atoms with Crippen molar-refractivity contribution >= 4 is 0 Å². The summed E-state index contributed by atoms with van der Waals surface area (Å²) < 4.78 is 51.4. The molecule has 0 radical (unpaired) electrons. The molecule has 0 bridgehead atoms. The topological polar surface area (TPSA) is 15.3 Å². The Hall–Kier alpha value is -1.14. The Labute approximate surface area is 116 Å². The summed E-state index contributed by atoms with van der Waals surface area (Å²) >= 11 is 0. The minimum absolute atomic E-state index is 0.0411. The first-order chi connectivity index (χ1) is 9.40. The Kier molecular flexibility index (Phi) is 6.42. The largest absolute Gasteiger partial charge is 0.419 e. The van der Waals surface area contributed by atoms with Crippen LogP contribution in [-0.2, 0) is 12.7 Å². The third kappa shape index (κ3) is 4.76. The van der Waals surface area contributed by atoms with Crippen molar-refractivity contribution in [2.75, 3.05) is 26.2 Å². The SMILES string of the molecule is CCN(CC)CCNCc1cccc(C(F)(F)F)c1F. The molecule has 0 aliphatic carbocycles. The normalized spacial score (nSPS) is 12.2. The molecule has 0 saturated heterocycles. The molecule has 0 aromatic heterocycles. The van der Waals surface area contributed by atoms with Gasteiger partial charge in [-0.2, -0.15) is 13.2 Å². The molecule has 2 nitrogen and oxygen atoms in total. The summed E-state index contributed by atoms with van der Waals surface area (Å²) in [6.07, 6.45) is -4.65. The van der Waals surface area contributed by atoms with Crippen LogP contribution in [0.1, 0.15) is 25.0 Å². The molecule has 0 amide bonds. The highest BCUT2D eigenvalue weighted by molar-refractivity contribution is 5.28. The fourth-order valence-corrected chi connectivity index (χ4v) is 1.94. The molecule has 1 aromatic carbocycles. The van der Waals surface area contributed by atoms with Gasteiger partial charge in [0.05, 0.1) is 5.56 Å². The number of nitrogens with one attached hydrogen (secondary N) is 1. The van der Waals surface area contributed by atoms with Crippen LogP contribution < -0.4 is 5.32 Å². The number of halogens is 4. The van der Waals surface area contributed by atoms with Crippen molar-refractivity contribution in [2.45, 2.75) is 26.6 Å². The highest BCUT2D eigenvalue weighted by Crippen LogP contribution is 2.32. The van der Waals surface area contributed by atoms with E-state index in [-0.39, 0.29) is 12.1 Å². The minimum Gasteiger partial charge on any atom is -0.311 e. The Morgan fingerprint density at radius 1 is 1.15 bits per heavy atom. The van der Waals surface area contributed by atoms with Gasteiger partial charge in [0.1, 0.15) is 5.82 Å². The maximum atomic E-state index is 13.7. The van der Waals surface area contributed by atoms with Gasteiger partial charge in [-0.15, -0.1) is 0 Å². The zero-order chi connectivity index (χ0) is 15.2. The molecule has 0 fully saturated rings. The summed E-state index contributed by atoms with van der Waals surface area (Å²) in [6.45, 7) is 7.39. The first-order valence-corrected chi connectivity index (χ1v) is 6.67. The Bertz CT molecular complexity index is 414. The van der Waals surface area contributed by atoms with Crippen molar-refractivity contribution in [3.05, 3.63) is 35.1 Å². The molecule has 0 spiro atoms. The molecule has 20 heavy (non-hydrogen) atoms. The van der Waals surface area contributed by atoms with Crippen LogP contribution in [0.3, 0.4) is 0 Å². The lowest BCUT2D eigenvalue weighted by Crippen LogP contribution is -2.31. The number of likely N-dealkylation sites (N-methyl/N-ethyl adjacent to an activating group) is 1. The Morgan fingerprint density at radius 3 is 2.35 bits per heavy atom. The van der Waals surface area contributed by atoms with E-state index in [0.29, 0.717) is 6.54 Å². The van der Waals surface area contributed by atoms with E-state index >= 15 is 0 Å². The number of rotatable bonds is 7. The molecule has 0 atom stereocenters. The van der Waals surface area contributed by atoms with Crippen molar-refractivity contribution in [2.24, 2.45) is 0 Å². The summed E-state index contributed by atoms with van der Waals surface area (Å²) in [5, 5.41) is 2.97. The molecule has 0 aliphatic rings. The number of nitrogens with zero attached hydrogens (tertiary/aromatic N) is 1. The third-order valence-corrected chi connectivity index (χ3v) is 3.20. The van der Waals surface area contributed by atoms with Crippen molar-refractivity contribution < 1.29 is 17.6 Å². The lowest BCUT2D eigenvalue weighted by molar-refractivity contribution is -0.140. The highest BCUT2D eigenvalue weighted by atomic mass is 19.4. The molecule has 0 unspecified atom stereocenters. The lowest BCUT2D eigenvalue weighted by Gasteiger charge is -2.18. The smallest absolute Gasteiger partial charge is 0.311 e. The van der Waals surface area contributed by atoms with Crippen LogP contribution >= 0.6 is 0 Å². The van der Waals surface area contributed by atoms with E-state index in [9.17, 15) is 17.6 Å². The Balaban J connectivity index is 2.57. The second-order valence-corrected chi connectivity index (χ2v) is 4.48. The molecule has 6 heteroatoms. The molecule has 0 aliphatic heterocycles. The van der Waals surface area contributed by atoms with Crippen LogP contribution in [0, 0.1) is 5.82 Å². The van der Waals surface area contributed by atoms with Gasteiger partial charge in [-0.25, -0.2) is 4.39 Å². The summed E-state index contributed by atoms with van der Waals surface area (Å²) in [7, 11) is 0. The number of benzene rings is 1. The van der Waals surface area contributed by atoms with Crippen LogP contribution in [0.4, 0.5) is 17.6 Å². The number of hydrogen-bond donors (Lipinski definition) is 1. The quantitative estimate of drug-likeness (QED) is 0.613. The molecule has 1 N–H and O–H groups in total. The van der Waals surface area contributed by atoms with Crippen molar-refractivity contribution in [1.29, 1.82) is 0 Å². The second-order valence-electron chi connectivity index (χ2n) is 4.48. The molecule has 1 aromatic rings. The van der Waals surface area contributed by atoms with Crippen LogP contribution in [0.25, 0.3) is 0 Å². The molecular weight excluding hydrogens is 272 g/mol. The van der Waals surface area contributed by atoms with Gasteiger partial charge in [-0.1, -0.05) is 26.0 Å². The summed E-state index contributed by atoms with van der Waals surface area (Å²) in [4.78, 5) is 2.18. The summed E-state index contributed by atoms with van der Waals surface area (Å²) in [5.74, 6) is -1.18. The van der Waals surface area contributed by atoms with Gasteiger partial charge in [0.2, 0.25) is 0 Å². The van der Waals surface area contributed by atoms with E-state index in [1.54, 1.807) is 0 Å².